The van der Waals surface area contributed by atoms with Gasteiger partial charge >= 0.3 is 12.1 Å². The summed E-state index contributed by atoms with van der Waals surface area (Å²) < 4.78 is 43.9. The topological polar surface area (TPSA) is 78.9 Å². The Morgan fingerprint density at radius 1 is 1.06 bits per heavy atom. The number of carbonyl (C=O) groups is 2. The van der Waals surface area contributed by atoms with Crippen LogP contribution in [0.4, 0.5) is 24.5 Å². The second-order valence-electron chi connectivity index (χ2n) is 6.43. The van der Waals surface area contributed by atoms with Gasteiger partial charge in [0, 0.05) is 19.2 Å². The van der Waals surface area contributed by atoms with E-state index in [1.807, 2.05) is 13.8 Å². The Kier molecular flexibility index (Phi) is 10.5. The quantitative estimate of drug-likeness (QED) is 0.560. The third kappa shape index (κ3) is 9.52. The molecular formula is C22H27F3N2O4. The number of ether oxygens (including phenoxy) is 1. The van der Waals surface area contributed by atoms with Crippen molar-refractivity contribution in [3.63, 3.8) is 0 Å². The Morgan fingerprint density at radius 2 is 1.68 bits per heavy atom. The predicted octanol–water partition coefficient (Wildman–Crippen LogP) is 5.04. The minimum Gasteiger partial charge on any atom is -0.481 e. The van der Waals surface area contributed by atoms with Gasteiger partial charge in [-0.1, -0.05) is 32.0 Å². The number of carboxylic acid groups (broad SMARTS) is 1. The predicted molar refractivity (Wildman–Crippen MR) is 113 cm³/mol. The number of carbonyl (C=O) groups excluding carboxylic acids is 1. The molecule has 31 heavy (non-hydrogen) atoms. The molecule has 2 aromatic rings. The van der Waals surface area contributed by atoms with Crippen molar-refractivity contribution in [2.24, 2.45) is 0 Å². The monoisotopic (exact) mass is 440 g/mol. The van der Waals surface area contributed by atoms with E-state index in [4.69, 9.17) is 14.6 Å². The molecule has 0 amide bonds. The molecule has 0 atom stereocenters. The van der Waals surface area contributed by atoms with Gasteiger partial charge in [0.05, 0.1) is 16.8 Å². The van der Waals surface area contributed by atoms with E-state index < -0.39 is 23.7 Å². The van der Waals surface area contributed by atoms with Crippen LogP contribution in [0, 0.1) is 0 Å². The SMILES string of the molecule is CC(=O)O.CCN(CC)CCOC(=O)c1ccccc1Nc1cccc(C(F)(F)F)c1. The molecule has 0 fully saturated rings. The van der Waals surface area contributed by atoms with Gasteiger partial charge in [-0.25, -0.2) is 4.79 Å². The van der Waals surface area contributed by atoms with E-state index in [0.29, 0.717) is 12.2 Å². The van der Waals surface area contributed by atoms with Crippen LogP contribution in [0.3, 0.4) is 0 Å². The second-order valence-corrected chi connectivity index (χ2v) is 6.43. The first-order chi connectivity index (χ1) is 14.6. The maximum atomic E-state index is 12.9. The molecule has 2 N–H and O–H groups in total. The Hall–Kier alpha value is -3.07. The fraction of sp³-hybridized carbons (Fsp3) is 0.364. The zero-order chi connectivity index (χ0) is 23.4. The van der Waals surface area contributed by atoms with Crippen molar-refractivity contribution in [1.29, 1.82) is 0 Å². The summed E-state index contributed by atoms with van der Waals surface area (Å²) in [6, 6.07) is 11.4. The molecule has 0 aliphatic rings. The third-order valence-corrected chi connectivity index (χ3v) is 4.15. The first-order valence-corrected chi connectivity index (χ1v) is 9.70. The number of alkyl halides is 3. The molecule has 0 bridgehead atoms. The standard InChI is InChI=1S/C20H23F3N2O2.C2H4O2/c1-3-25(4-2)12-13-27-19(26)17-10-5-6-11-18(17)24-16-9-7-8-15(14-16)20(21,22)23;1-2(3)4/h5-11,14,24H,3-4,12-13H2,1-2H3;1H3,(H,3,4). The summed E-state index contributed by atoms with van der Waals surface area (Å²) in [4.78, 5) is 23.5. The molecule has 0 aromatic heterocycles. The maximum absolute atomic E-state index is 12.9. The van der Waals surface area contributed by atoms with Crippen molar-refractivity contribution in [2.75, 3.05) is 31.6 Å². The van der Waals surface area contributed by atoms with Crippen molar-refractivity contribution >= 4 is 23.3 Å². The number of hydrogen-bond acceptors (Lipinski definition) is 5. The van der Waals surface area contributed by atoms with Crippen molar-refractivity contribution in [3.8, 4) is 0 Å². The average Bonchev–Trinajstić information content (AvgIpc) is 2.71. The molecule has 2 aromatic carbocycles. The Bertz CT molecular complexity index is 849. The van der Waals surface area contributed by atoms with Gasteiger partial charge in [-0.05, 0) is 43.4 Å². The molecule has 0 aliphatic carbocycles. The number of carboxylic acids is 1. The van der Waals surface area contributed by atoms with Crippen molar-refractivity contribution in [1.82, 2.24) is 4.90 Å². The summed E-state index contributed by atoms with van der Waals surface area (Å²) in [5.74, 6) is -1.35. The number of aliphatic carboxylic acids is 1. The molecule has 0 heterocycles. The number of nitrogens with zero attached hydrogens (tertiary/aromatic N) is 1. The van der Waals surface area contributed by atoms with Crippen LogP contribution in [0.2, 0.25) is 0 Å². The van der Waals surface area contributed by atoms with Gasteiger partial charge in [0.25, 0.3) is 5.97 Å². The molecule has 0 spiro atoms. The van der Waals surface area contributed by atoms with Crippen LogP contribution in [0.15, 0.2) is 48.5 Å². The first-order valence-electron chi connectivity index (χ1n) is 9.70. The number of likely N-dealkylation sites (N-methyl/N-ethyl adjacent to an activating group) is 1. The smallest absolute Gasteiger partial charge is 0.416 e. The van der Waals surface area contributed by atoms with Crippen LogP contribution < -0.4 is 5.32 Å². The minimum absolute atomic E-state index is 0.244. The normalized spacial score (nSPS) is 10.8. The van der Waals surface area contributed by atoms with Crippen LogP contribution >= 0.6 is 0 Å². The molecular weight excluding hydrogens is 413 g/mol. The number of halogens is 3. The van der Waals surface area contributed by atoms with Crippen molar-refractivity contribution in [2.45, 2.75) is 26.9 Å². The van der Waals surface area contributed by atoms with Crippen LogP contribution in [-0.2, 0) is 15.7 Å². The molecule has 6 nitrogen and oxygen atoms in total. The van der Waals surface area contributed by atoms with Crippen LogP contribution in [0.1, 0.15) is 36.7 Å². The molecule has 2 rings (SSSR count). The maximum Gasteiger partial charge on any atom is 0.416 e. The lowest BCUT2D eigenvalue weighted by molar-refractivity contribution is -0.137. The van der Waals surface area contributed by atoms with Gasteiger partial charge < -0.3 is 20.1 Å². The van der Waals surface area contributed by atoms with Gasteiger partial charge in [-0.3, -0.25) is 4.79 Å². The van der Waals surface area contributed by atoms with Gasteiger partial charge in [-0.2, -0.15) is 13.2 Å². The van der Waals surface area contributed by atoms with E-state index in [0.717, 1.165) is 32.1 Å². The van der Waals surface area contributed by atoms with Gasteiger partial charge in [0.1, 0.15) is 6.61 Å². The van der Waals surface area contributed by atoms with E-state index in [1.54, 1.807) is 24.3 Å². The highest BCUT2D eigenvalue weighted by Crippen LogP contribution is 2.31. The lowest BCUT2D eigenvalue weighted by Gasteiger charge is -2.18. The average molecular weight is 440 g/mol. The summed E-state index contributed by atoms with van der Waals surface area (Å²) in [6.07, 6.45) is -4.43. The summed E-state index contributed by atoms with van der Waals surface area (Å²) in [5, 5.41) is 10.3. The highest BCUT2D eigenvalue weighted by Gasteiger charge is 2.30. The summed E-state index contributed by atoms with van der Waals surface area (Å²) in [6.45, 7) is 7.74. The number of esters is 1. The van der Waals surface area contributed by atoms with Gasteiger partial charge in [0.2, 0.25) is 0 Å². The number of benzene rings is 2. The van der Waals surface area contributed by atoms with Gasteiger partial charge in [0.15, 0.2) is 0 Å². The first kappa shape index (κ1) is 26.0. The molecule has 0 aliphatic heterocycles. The molecule has 0 unspecified atom stereocenters. The molecule has 170 valence electrons. The second kappa shape index (κ2) is 12.6. The van der Waals surface area contributed by atoms with Crippen LogP contribution in [0.5, 0.6) is 0 Å². The summed E-state index contributed by atoms with van der Waals surface area (Å²) >= 11 is 0. The summed E-state index contributed by atoms with van der Waals surface area (Å²) in [5.41, 5.74) is 0.152. The van der Waals surface area contributed by atoms with E-state index in [9.17, 15) is 18.0 Å². The third-order valence-electron chi connectivity index (χ3n) is 4.15. The molecule has 9 heteroatoms. The lowest BCUT2D eigenvalue weighted by atomic mass is 10.1. The van der Waals surface area contributed by atoms with Crippen LogP contribution in [0.25, 0.3) is 0 Å². The fourth-order valence-electron chi connectivity index (χ4n) is 2.58. The summed E-state index contributed by atoms with van der Waals surface area (Å²) in [7, 11) is 0. The zero-order valence-electron chi connectivity index (χ0n) is 17.7. The molecule has 0 radical (unpaired) electrons. The lowest BCUT2D eigenvalue weighted by Crippen LogP contribution is -2.28. The largest absolute Gasteiger partial charge is 0.481 e. The van der Waals surface area contributed by atoms with E-state index >= 15 is 0 Å². The number of rotatable bonds is 8. The Morgan fingerprint density at radius 3 is 2.26 bits per heavy atom. The van der Waals surface area contributed by atoms with E-state index in [1.165, 1.54) is 12.1 Å². The number of nitrogens with one attached hydrogen (secondary N) is 1. The molecule has 0 saturated heterocycles. The number of para-hydroxylation sites is 1. The number of anilines is 2. The van der Waals surface area contributed by atoms with Crippen molar-refractivity contribution < 1.29 is 32.6 Å². The Balaban J connectivity index is 0.00000110. The van der Waals surface area contributed by atoms with Gasteiger partial charge in [-0.15, -0.1) is 0 Å². The van der Waals surface area contributed by atoms with E-state index in [-0.39, 0.29) is 17.9 Å². The Labute approximate surface area is 179 Å². The zero-order valence-corrected chi connectivity index (χ0v) is 17.7. The van der Waals surface area contributed by atoms with Crippen molar-refractivity contribution in [3.05, 3.63) is 59.7 Å². The highest BCUT2D eigenvalue weighted by atomic mass is 19.4. The van der Waals surface area contributed by atoms with Crippen LogP contribution in [-0.4, -0.2) is 48.2 Å². The highest BCUT2D eigenvalue weighted by molar-refractivity contribution is 5.96. The van der Waals surface area contributed by atoms with E-state index in [2.05, 4.69) is 10.2 Å². The fourth-order valence-corrected chi connectivity index (χ4v) is 2.58. The number of hydrogen-bond donors (Lipinski definition) is 2. The minimum atomic E-state index is -4.43. The molecule has 0 saturated carbocycles.